The number of aromatic carboxylic acids is 1. The van der Waals surface area contributed by atoms with Crippen LogP contribution in [0.2, 0.25) is 0 Å². The Morgan fingerprint density at radius 2 is 1.55 bits per heavy atom. The summed E-state index contributed by atoms with van der Waals surface area (Å²) in [4.78, 5) is 10.9. The van der Waals surface area contributed by atoms with E-state index < -0.39 is 58.1 Å². The maximum Gasteiger partial charge on any atom is 0.417 e. The van der Waals surface area contributed by atoms with Gasteiger partial charge in [0.15, 0.2) is 17.5 Å². The third-order valence-corrected chi connectivity index (χ3v) is 3.97. The predicted molar refractivity (Wildman–Crippen MR) is 87.1 cm³/mol. The zero-order valence-corrected chi connectivity index (χ0v) is 14.5. The molecule has 0 aromatic heterocycles. The van der Waals surface area contributed by atoms with Gasteiger partial charge in [-0.1, -0.05) is 18.2 Å². The molecule has 156 valence electrons. The van der Waals surface area contributed by atoms with E-state index >= 15 is 0 Å². The second kappa shape index (κ2) is 7.84. The van der Waals surface area contributed by atoms with E-state index in [1.165, 1.54) is 0 Å². The van der Waals surface area contributed by atoms with E-state index in [2.05, 4.69) is 0 Å². The zero-order chi connectivity index (χ0) is 22.1. The summed E-state index contributed by atoms with van der Waals surface area (Å²) in [5.41, 5.74) is -3.44. The predicted octanol–water partition coefficient (Wildman–Crippen LogP) is 6.27. The van der Waals surface area contributed by atoms with Crippen molar-refractivity contribution in [3.05, 3.63) is 76.1 Å². The summed E-state index contributed by atoms with van der Waals surface area (Å²) in [6, 6.07) is 2.77. The zero-order valence-electron chi connectivity index (χ0n) is 14.5. The monoisotopic (exact) mass is 424 g/mol. The van der Waals surface area contributed by atoms with Crippen LogP contribution in [0, 0.1) is 17.5 Å². The molecule has 1 atom stereocenters. The minimum Gasteiger partial charge on any atom is -0.478 e. The lowest BCUT2D eigenvalue weighted by Crippen LogP contribution is -2.21. The molecular weight excluding hydrogens is 412 g/mol. The third kappa shape index (κ3) is 5.12. The molecule has 0 saturated carbocycles. The highest BCUT2D eigenvalue weighted by Gasteiger charge is 2.36. The van der Waals surface area contributed by atoms with Crippen molar-refractivity contribution in [3.63, 3.8) is 0 Å². The first-order valence-corrected chi connectivity index (χ1v) is 7.87. The summed E-state index contributed by atoms with van der Waals surface area (Å²) in [6.45, 7) is 0.413. The average Bonchev–Trinajstić information content (AvgIpc) is 2.57. The Balaban J connectivity index is 2.52. The van der Waals surface area contributed by atoms with Crippen LogP contribution < -0.4 is 0 Å². The molecule has 0 saturated heterocycles. The Morgan fingerprint density at radius 1 is 1.00 bits per heavy atom. The smallest absolute Gasteiger partial charge is 0.417 e. The largest absolute Gasteiger partial charge is 0.478 e. The van der Waals surface area contributed by atoms with Gasteiger partial charge in [-0.25, -0.2) is 26.7 Å². The molecule has 1 N–H and O–H groups in total. The molecule has 2 nitrogen and oxygen atoms in total. The van der Waals surface area contributed by atoms with Crippen LogP contribution >= 0.6 is 0 Å². The fourth-order valence-electron chi connectivity index (χ4n) is 2.62. The Morgan fingerprint density at radius 3 is 2.00 bits per heavy atom. The minimum atomic E-state index is -5.02. The summed E-state index contributed by atoms with van der Waals surface area (Å²) in [6.07, 6.45) is -3.50. The van der Waals surface area contributed by atoms with Gasteiger partial charge in [0, 0.05) is 6.92 Å². The van der Waals surface area contributed by atoms with Gasteiger partial charge in [-0.15, -0.1) is 0 Å². The number of carboxylic acids is 1. The molecule has 0 amide bonds. The fourth-order valence-corrected chi connectivity index (χ4v) is 2.62. The number of hydrogen-bond acceptors (Lipinski definition) is 1. The van der Waals surface area contributed by atoms with Crippen molar-refractivity contribution in [2.45, 2.75) is 24.9 Å². The van der Waals surface area contributed by atoms with Gasteiger partial charge in [-0.3, -0.25) is 0 Å². The standard InChI is InChI=1S/C19H12F8O2/c1-18(23,24)12(10-7-14(20)16(22)15(21)8-10)5-3-9-2-4-11(17(28)29)13(6-9)19(25,26)27/h2-8,12H,1H3,(H,28,29)/b5-3+. The summed E-state index contributed by atoms with van der Waals surface area (Å²) in [5.74, 6) is -12.7. The number of allylic oxidation sites excluding steroid dienone is 1. The van der Waals surface area contributed by atoms with Gasteiger partial charge in [0.25, 0.3) is 5.92 Å². The van der Waals surface area contributed by atoms with Gasteiger partial charge in [0.05, 0.1) is 17.0 Å². The van der Waals surface area contributed by atoms with Crippen molar-refractivity contribution < 1.29 is 45.0 Å². The number of halogens is 8. The van der Waals surface area contributed by atoms with Gasteiger partial charge in [0.2, 0.25) is 0 Å². The lowest BCUT2D eigenvalue weighted by molar-refractivity contribution is -0.138. The molecular formula is C19H12F8O2. The lowest BCUT2D eigenvalue weighted by Gasteiger charge is -2.21. The van der Waals surface area contributed by atoms with Crippen molar-refractivity contribution in [3.8, 4) is 0 Å². The van der Waals surface area contributed by atoms with E-state index in [-0.39, 0.29) is 5.56 Å². The topological polar surface area (TPSA) is 37.3 Å². The number of alkyl halides is 5. The number of benzene rings is 2. The molecule has 29 heavy (non-hydrogen) atoms. The molecule has 2 aromatic rings. The highest BCUT2D eigenvalue weighted by molar-refractivity contribution is 5.90. The molecule has 1 unspecified atom stereocenters. The molecule has 0 aliphatic heterocycles. The molecule has 2 aromatic carbocycles. The van der Waals surface area contributed by atoms with Crippen molar-refractivity contribution in [2.75, 3.05) is 0 Å². The molecule has 0 fully saturated rings. The van der Waals surface area contributed by atoms with Crippen molar-refractivity contribution in [1.82, 2.24) is 0 Å². The SMILES string of the molecule is CC(F)(F)C(/C=C/c1ccc(C(=O)O)c(C(F)(F)F)c1)c1cc(F)c(F)c(F)c1. The third-order valence-electron chi connectivity index (χ3n) is 3.97. The van der Waals surface area contributed by atoms with Gasteiger partial charge < -0.3 is 5.11 Å². The first kappa shape index (κ1) is 22.4. The highest BCUT2D eigenvalue weighted by Crippen LogP contribution is 2.37. The van der Waals surface area contributed by atoms with E-state index in [0.29, 0.717) is 37.3 Å². The molecule has 0 spiro atoms. The van der Waals surface area contributed by atoms with Crippen LogP contribution in [0.1, 0.15) is 39.9 Å². The quantitative estimate of drug-likeness (QED) is 0.454. The summed E-state index contributed by atoms with van der Waals surface area (Å²) in [7, 11) is 0. The summed E-state index contributed by atoms with van der Waals surface area (Å²) < 4.78 is 107. The number of carbonyl (C=O) groups is 1. The Kier molecular flexibility index (Phi) is 6.05. The Bertz CT molecular complexity index is 935. The number of carboxylic acid groups (broad SMARTS) is 1. The van der Waals surface area contributed by atoms with Crippen LogP contribution in [-0.2, 0) is 6.18 Å². The maximum absolute atomic E-state index is 13.9. The second-order valence-corrected chi connectivity index (χ2v) is 6.20. The second-order valence-electron chi connectivity index (χ2n) is 6.20. The normalized spacial score (nSPS) is 13.7. The highest BCUT2D eigenvalue weighted by atomic mass is 19.4. The van der Waals surface area contributed by atoms with Crippen LogP contribution in [0.5, 0.6) is 0 Å². The van der Waals surface area contributed by atoms with Crippen LogP contribution in [0.15, 0.2) is 36.4 Å². The molecule has 0 radical (unpaired) electrons. The van der Waals surface area contributed by atoms with Crippen LogP contribution in [0.25, 0.3) is 6.08 Å². The summed E-state index contributed by atoms with van der Waals surface area (Å²) in [5, 5.41) is 8.85. The van der Waals surface area contributed by atoms with Crippen molar-refractivity contribution in [1.29, 1.82) is 0 Å². The van der Waals surface area contributed by atoms with E-state index in [1.807, 2.05) is 0 Å². The summed E-state index contributed by atoms with van der Waals surface area (Å²) >= 11 is 0. The minimum absolute atomic E-state index is 0.278. The van der Waals surface area contributed by atoms with Crippen molar-refractivity contribution in [2.24, 2.45) is 0 Å². The molecule has 2 rings (SSSR count). The molecule has 10 heteroatoms. The van der Waals surface area contributed by atoms with Gasteiger partial charge >= 0.3 is 12.1 Å². The first-order valence-electron chi connectivity index (χ1n) is 7.87. The molecule has 0 aliphatic carbocycles. The van der Waals surface area contributed by atoms with E-state index in [9.17, 15) is 39.9 Å². The average molecular weight is 424 g/mol. The van der Waals surface area contributed by atoms with E-state index in [1.54, 1.807) is 0 Å². The molecule has 0 aliphatic rings. The number of hydrogen-bond donors (Lipinski definition) is 1. The number of rotatable bonds is 5. The van der Waals surface area contributed by atoms with Crippen molar-refractivity contribution >= 4 is 12.0 Å². The molecule has 0 heterocycles. The van der Waals surface area contributed by atoms with E-state index in [0.717, 1.165) is 12.1 Å². The van der Waals surface area contributed by atoms with Gasteiger partial charge in [-0.2, -0.15) is 13.2 Å². The Hall–Kier alpha value is -2.91. The van der Waals surface area contributed by atoms with Crippen LogP contribution in [0.3, 0.4) is 0 Å². The van der Waals surface area contributed by atoms with Gasteiger partial charge in [-0.05, 0) is 35.4 Å². The fraction of sp³-hybridized carbons (Fsp3) is 0.211. The Labute approximate surface area is 159 Å². The van der Waals surface area contributed by atoms with Crippen LogP contribution in [0.4, 0.5) is 35.1 Å². The molecule has 0 bridgehead atoms. The van der Waals surface area contributed by atoms with Crippen LogP contribution in [-0.4, -0.2) is 17.0 Å². The maximum atomic E-state index is 13.9. The first-order chi connectivity index (χ1) is 13.2. The lowest BCUT2D eigenvalue weighted by atomic mass is 9.91. The van der Waals surface area contributed by atoms with Gasteiger partial charge in [0.1, 0.15) is 0 Å². The van der Waals surface area contributed by atoms with E-state index in [4.69, 9.17) is 5.11 Å².